The summed E-state index contributed by atoms with van der Waals surface area (Å²) < 4.78 is 9.92. The van der Waals surface area contributed by atoms with Crippen LogP contribution in [-0.4, -0.2) is 62.0 Å². The predicted octanol–water partition coefficient (Wildman–Crippen LogP) is 0.00290. The Morgan fingerprint density at radius 1 is 1.38 bits per heavy atom. The van der Waals surface area contributed by atoms with Crippen LogP contribution in [0.25, 0.3) is 0 Å². The van der Waals surface area contributed by atoms with E-state index in [1.165, 1.54) is 7.11 Å². The van der Waals surface area contributed by atoms with Gasteiger partial charge >= 0.3 is 5.97 Å². The van der Waals surface area contributed by atoms with Gasteiger partial charge in [-0.05, 0) is 17.7 Å². The molecule has 2 rings (SSSR count). The second kappa shape index (κ2) is 7.40. The molecular formula is C15H22N2O4. The molecule has 1 aromatic carbocycles. The molecule has 1 unspecified atom stereocenters. The molecule has 1 heterocycles. The first kappa shape index (κ1) is 15.8. The maximum atomic E-state index is 11.7. The van der Waals surface area contributed by atoms with E-state index in [9.17, 15) is 9.90 Å². The number of hydrogen-bond donors (Lipinski definition) is 2. The number of nitrogens with one attached hydrogen (secondary N) is 1. The SMILES string of the molecule is COC(=O)[C@H]1CN(Cc2ccc(OC)cc2)C(CO)CN1. The molecule has 1 aromatic rings. The van der Waals surface area contributed by atoms with Crippen LogP contribution in [0, 0.1) is 0 Å². The number of nitrogens with zero attached hydrogens (tertiary/aromatic N) is 1. The lowest BCUT2D eigenvalue weighted by Gasteiger charge is -2.38. The lowest BCUT2D eigenvalue weighted by atomic mass is 10.1. The minimum Gasteiger partial charge on any atom is -0.497 e. The summed E-state index contributed by atoms with van der Waals surface area (Å²) in [6, 6.07) is 7.43. The first-order chi connectivity index (χ1) is 10.2. The minimum absolute atomic E-state index is 0.00647. The molecule has 1 saturated heterocycles. The number of piperazine rings is 1. The van der Waals surface area contributed by atoms with Crippen LogP contribution in [-0.2, 0) is 16.1 Å². The van der Waals surface area contributed by atoms with Gasteiger partial charge in [0.25, 0.3) is 0 Å². The van der Waals surface area contributed by atoms with Crippen LogP contribution in [0.15, 0.2) is 24.3 Å². The van der Waals surface area contributed by atoms with E-state index < -0.39 is 0 Å². The van der Waals surface area contributed by atoms with E-state index in [1.807, 2.05) is 24.3 Å². The number of aliphatic hydroxyl groups excluding tert-OH is 1. The molecule has 6 nitrogen and oxygen atoms in total. The largest absolute Gasteiger partial charge is 0.497 e. The van der Waals surface area contributed by atoms with E-state index in [0.29, 0.717) is 19.6 Å². The van der Waals surface area contributed by atoms with Crippen LogP contribution in [0.3, 0.4) is 0 Å². The predicted molar refractivity (Wildman–Crippen MR) is 78.1 cm³/mol. The van der Waals surface area contributed by atoms with Crippen molar-refractivity contribution in [2.75, 3.05) is 33.9 Å². The molecular weight excluding hydrogens is 272 g/mol. The number of hydrogen-bond acceptors (Lipinski definition) is 6. The molecule has 1 aliphatic rings. The first-order valence-corrected chi connectivity index (χ1v) is 6.97. The van der Waals surface area contributed by atoms with E-state index in [4.69, 9.17) is 9.47 Å². The third kappa shape index (κ3) is 3.93. The van der Waals surface area contributed by atoms with Crippen molar-refractivity contribution < 1.29 is 19.4 Å². The topological polar surface area (TPSA) is 71.0 Å². The number of rotatable bonds is 5. The number of carbonyl (C=O) groups is 1. The lowest BCUT2D eigenvalue weighted by molar-refractivity contribution is -0.145. The Kier molecular flexibility index (Phi) is 5.55. The highest BCUT2D eigenvalue weighted by Gasteiger charge is 2.31. The molecule has 21 heavy (non-hydrogen) atoms. The fourth-order valence-electron chi connectivity index (χ4n) is 2.49. The molecule has 2 atom stereocenters. The molecule has 0 aliphatic carbocycles. The standard InChI is InChI=1S/C15H22N2O4/c1-20-13-5-3-11(4-6-13)8-17-9-14(15(19)21-2)16-7-12(17)10-18/h3-6,12,14,16,18H,7-10H2,1-2H3/t12?,14-/m1/s1. The van der Waals surface area contributed by atoms with Crippen LogP contribution in [0.1, 0.15) is 5.56 Å². The second-order valence-corrected chi connectivity index (χ2v) is 5.10. The van der Waals surface area contributed by atoms with Crippen molar-refractivity contribution >= 4 is 5.97 Å². The molecule has 116 valence electrons. The van der Waals surface area contributed by atoms with Crippen LogP contribution < -0.4 is 10.1 Å². The van der Waals surface area contributed by atoms with Crippen molar-refractivity contribution in [2.24, 2.45) is 0 Å². The van der Waals surface area contributed by atoms with Crippen LogP contribution in [0.4, 0.5) is 0 Å². The molecule has 0 bridgehead atoms. The Morgan fingerprint density at radius 2 is 2.10 bits per heavy atom. The number of benzene rings is 1. The summed E-state index contributed by atoms with van der Waals surface area (Å²) in [6.07, 6.45) is 0. The summed E-state index contributed by atoms with van der Waals surface area (Å²) >= 11 is 0. The molecule has 0 spiro atoms. The van der Waals surface area contributed by atoms with Gasteiger partial charge in [0.15, 0.2) is 0 Å². The summed E-state index contributed by atoms with van der Waals surface area (Å²) in [4.78, 5) is 13.8. The van der Waals surface area contributed by atoms with Gasteiger partial charge in [-0.15, -0.1) is 0 Å². The van der Waals surface area contributed by atoms with Crippen molar-refractivity contribution in [3.63, 3.8) is 0 Å². The molecule has 0 radical (unpaired) electrons. The van der Waals surface area contributed by atoms with E-state index in [-0.39, 0.29) is 24.7 Å². The van der Waals surface area contributed by atoms with Gasteiger partial charge in [0, 0.05) is 25.7 Å². The average molecular weight is 294 g/mol. The zero-order valence-electron chi connectivity index (χ0n) is 12.4. The maximum Gasteiger partial charge on any atom is 0.324 e. The number of aliphatic hydroxyl groups is 1. The van der Waals surface area contributed by atoms with Crippen molar-refractivity contribution in [1.82, 2.24) is 10.2 Å². The van der Waals surface area contributed by atoms with Crippen LogP contribution in [0.5, 0.6) is 5.75 Å². The van der Waals surface area contributed by atoms with Gasteiger partial charge in [-0.2, -0.15) is 0 Å². The number of ether oxygens (including phenoxy) is 2. The molecule has 1 aliphatic heterocycles. The molecule has 0 aromatic heterocycles. The Balaban J connectivity index is 2.04. The Morgan fingerprint density at radius 3 is 2.67 bits per heavy atom. The van der Waals surface area contributed by atoms with Crippen molar-refractivity contribution in [3.05, 3.63) is 29.8 Å². The lowest BCUT2D eigenvalue weighted by Crippen LogP contribution is -2.60. The van der Waals surface area contributed by atoms with Gasteiger partial charge in [0.2, 0.25) is 0 Å². The molecule has 0 amide bonds. The van der Waals surface area contributed by atoms with E-state index >= 15 is 0 Å². The van der Waals surface area contributed by atoms with Gasteiger partial charge in [0.1, 0.15) is 11.8 Å². The minimum atomic E-state index is -0.351. The van der Waals surface area contributed by atoms with Gasteiger partial charge in [-0.1, -0.05) is 12.1 Å². The number of esters is 1. The number of methoxy groups -OCH3 is 2. The summed E-state index contributed by atoms with van der Waals surface area (Å²) in [5, 5.41) is 12.6. The van der Waals surface area contributed by atoms with Crippen molar-refractivity contribution in [3.8, 4) is 5.75 Å². The van der Waals surface area contributed by atoms with E-state index in [2.05, 4.69) is 10.2 Å². The summed E-state index contributed by atoms with van der Waals surface area (Å²) in [7, 11) is 3.02. The van der Waals surface area contributed by atoms with Crippen LogP contribution >= 0.6 is 0 Å². The highest BCUT2D eigenvalue weighted by molar-refractivity contribution is 5.76. The molecule has 0 saturated carbocycles. The first-order valence-electron chi connectivity index (χ1n) is 6.97. The molecule has 1 fully saturated rings. The average Bonchev–Trinajstić information content (AvgIpc) is 2.54. The third-order valence-electron chi connectivity index (χ3n) is 3.77. The smallest absolute Gasteiger partial charge is 0.324 e. The normalized spacial score (nSPS) is 22.8. The Bertz CT molecular complexity index is 463. The van der Waals surface area contributed by atoms with Gasteiger partial charge in [-0.25, -0.2) is 0 Å². The maximum absolute atomic E-state index is 11.7. The third-order valence-corrected chi connectivity index (χ3v) is 3.77. The van der Waals surface area contributed by atoms with Crippen molar-refractivity contribution in [1.29, 1.82) is 0 Å². The van der Waals surface area contributed by atoms with Crippen molar-refractivity contribution in [2.45, 2.75) is 18.6 Å². The Labute approximate surface area is 124 Å². The molecule has 6 heteroatoms. The zero-order valence-corrected chi connectivity index (χ0v) is 12.4. The fourth-order valence-corrected chi connectivity index (χ4v) is 2.49. The summed E-state index contributed by atoms with van der Waals surface area (Å²) in [5.41, 5.74) is 1.11. The van der Waals surface area contributed by atoms with Crippen LogP contribution in [0.2, 0.25) is 0 Å². The fraction of sp³-hybridized carbons (Fsp3) is 0.533. The van der Waals surface area contributed by atoms with E-state index in [0.717, 1.165) is 11.3 Å². The van der Waals surface area contributed by atoms with Gasteiger partial charge in [-0.3, -0.25) is 9.69 Å². The second-order valence-electron chi connectivity index (χ2n) is 5.10. The van der Waals surface area contributed by atoms with Gasteiger partial charge in [0.05, 0.1) is 20.8 Å². The zero-order chi connectivity index (χ0) is 15.2. The Hall–Kier alpha value is -1.63. The highest BCUT2D eigenvalue weighted by atomic mass is 16.5. The van der Waals surface area contributed by atoms with Gasteiger partial charge < -0.3 is 19.9 Å². The quantitative estimate of drug-likeness (QED) is 0.745. The summed E-state index contributed by atoms with van der Waals surface area (Å²) in [5.74, 6) is 0.538. The monoisotopic (exact) mass is 294 g/mol. The van der Waals surface area contributed by atoms with E-state index in [1.54, 1.807) is 7.11 Å². The highest BCUT2D eigenvalue weighted by Crippen LogP contribution is 2.16. The molecule has 2 N–H and O–H groups in total. The summed E-state index contributed by atoms with van der Waals surface area (Å²) in [6.45, 7) is 1.80. The number of carbonyl (C=O) groups excluding carboxylic acids is 1.